The molecule has 1 amide bonds. The second-order valence-electron chi connectivity index (χ2n) is 5.21. The molecular weight excluding hydrogens is 236 g/mol. The fourth-order valence-corrected chi connectivity index (χ4v) is 2.21. The summed E-state index contributed by atoms with van der Waals surface area (Å²) >= 11 is 0. The average molecular weight is 250 g/mol. The van der Waals surface area contributed by atoms with E-state index < -0.39 is 5.41 Å². The molecule has 0 saturated heterocycles. The number of benzene rings is 2. The van der Waals surface area contributed by atoms with Crippen molar-refractivity contribution in [3.63, 3.8) is 0 Å². The minimum absolute atomic E-state index is 0.179. The lowest BCUT2D eigenvalue weighted by Crippen LogP contribution is -2.22. The third-order valence-electron chi connectivity index (χ3n) is 3.65. The van der Waals surface area contributed by atoms with Gasteiger partial charge in [-0.2, -0.15) is 5.26 Å². The third kappa shape index (κ3) is 2.06. The Bertz CT molecular complexity index is 708. The molecule has 0 radical (unpaired) electrons. The largest absolute Gasteiger partial charge is 0.325 e. The first-order valence-corrected chi connectivity index (χ1v) is 6.36. The number of carbonyl (C=O) groups is 1. The fraction of sp³-hybridized carbons (Fsp3) is 0.250. The fourth-order valence-electron chi connectivity index (χ4n) is 2.21. The zero-order chi connectivity index (χ0) is 13.5. The van der Waals surface area contributed by atoms with E-state index >= 15 is 0 Å². The number of fused-ring (bicyclic) bond motifs is 1. The van der Waals surface area contributed by atoms with Crippen LogP contribution in [-0.4, -0.2) is 5.91 Å². The summed E-state index contributed by atoms with van der Waals surface area (Å²) in [6, 6.07) is 14.1. The number of carbonyl (C=O) groups excluding carboxylic acids is 1. The Morgan fingerprint density at radius 2 is 1.89 bits per heavy atom. The number of hydrogen-bond acceptors (Lipinski definition) is 2. The Balaban J connectivity index is 1.88. The number of nitrogens with one attached hydrogen (secondary N) is 1. The maximum Gasteiger partial charge on any atom is 0.244 e. The number of hydrogen-bond donors (Lipinski definition) is 1. The van der Waals surface area contributed by atoms with Crippen LogP contribution < -0.4 is 5.32 Å². The maximum absolute atomic E-state index is 12.0. The Hall–Kier alpha value is -2.34. The van der Waals surface area contributed by atoms with Crippen LogP contribution in [0.4, 0.5) is 5.69 Å². The topological polar surface area (TPSA) is 52.9 Å². The van der Waals surface area contributed by atoms with Crippen molar-refractivity contribution < 1.29 is 4.79 Å². The van der Waals surface area contributed by atoms with E-state index in [0.717, 1.165) is 16.5 Å². The van der Waals surface area contributed by atoms with Gasteiger partial charge in [0, 0.05) is 5.69 Å². The summed E-state index contributed by atoms with van der Waals surface area (Å²) in [6.07, 6.45) is 1.34. The Labute approximate surface area is 111 Å². The molecule has 0 spiro atoms. The van der Waals surface area contributed by atoms with E-state index in [2.05, 4.69) is 24.4 Å². The van der Waals surface area contributed by atoms with Crippen molar-refractivity contribution in [1.82, 2.24) is 0 Å². The molecule has 1 saturated carbocycles. The molecule has 0 unspecified atom stereocenters. The van der Waals surface area contributed by atoms with E-state index in [0.29, 0.717) is 12.8 Å². The van der Waals surface area contributed by atoms with Gasteiger partial charge in [0.1, 0.15) is 5.41 Å². The molecule has 3 rings (SSSR count). The molecule has 3 nitrogen and oxygen atoms in total. The average Bonchev–Trinajstić information content (AvgIpc) is 3.20. The van der Waals surface area contributed by atoms with Gasteiger partial charge in [-0.15, -0.1) is 0 Å². The SMILES string of the molecule is Cc1ccc2cc(NC(=O)C3(C#N)CC3)ccc2c1. The molecule has 1 N–H and O–H groups in total. The van der Waals surface area contributed by atoms with E-state index in [1.807, 2.05) is 30.3 Å². The van der Waals surface area contributed by atoms with Gasteiger partial charge in [-0.05, 0) is 42.7 Å². The molecule has 0 bridgehead atoms. The highest BCUT2D eigenvalue weighted by molar-refractivity contribution is 6.00. The second kappa shape index (κ2) is 4.10. The lowest BCUT2D eigenvalue weighted by molar-refractivity contribution is -0.119. The van der Waals surface area contributed by atoms with Crippen molar-refractivity contribution >= 4 is 22.4 Å². The molecule has 0 atom stereocenters. The summed E-state index contributed by atoms with van der Waals surface area (Å²) in [6.45, 7) is 2.05. The van der Waals surface area contributed by atoms with Crippen LogP contribution in [0.3, 0.4) is 0 Å². The number of anilines is 1. The molecule has 1 aliphatic rings. The zero-order valence-electron chi connectivity index (χ0n) is 10.7. The summed E-state index contributed by atoms with van der Waals surface area (Å²) in [5, 5.41) is 14.1. The molecule has 0 aliphatic heterocycles. The van der Waals surface area contributed by atoms with Gasteiger partial charge in [0.25, 0.3) is 0 Å². The molecule has 3 heteroatoms. The van der Waals surface area contributed by atoms with Crippen LogP contribution in [0, 0.1) is 23.7 Å². The molecule has 1 aliphatic carbocycles. The minimum atomic E-state index is -0.776. The lowest BCUT2D eigenvalue weighted by Gasteiger charge is -2.09. The number of rotatable bonds is 2. The van der Waals surface area contributed by atoms with E-state index in [1.54, 1.807) is 0 Å². The summed E-state index contributed by atoms with van der Waals surface area (Å²) in [5.41, 5.74) is 1.19. The first-order chi connectivity index (χ1) is 9.13. The predicted molar refractivity (Wildman–Crippen MR) is 74.6 cm³/mol. The Kier molecular flexibility index (Phi) is 2.53. The van der Waals surface area contributed by atoms with Crippen LogP contribution in [0.5, 0.6) is 0 Å². The molecular formula is C16H14N2O. The van der Waals surface area contributed by atoms with E-state index in [4.69, 9.17) is 5.26 Å². The lowest BCUT2D eigenvalue weighted by atomic mass is 10.1. The van der Waals surface area contributed by atoms with Gasteiger partial charge >= 0.3 is 0 Å². The zero-order valence-corrected chi connectivity index (χ0v) is 10.7. The third-order valence-corrected chi connectivity index (χ3v) is 3.65. The van der Waals surface area contributed by atoms with Gasteiger partial charge in [-0.3, -0.25) is 4.79 Å². The van der Waals surface area contributed by atoms with Crippen LogP contribution in [0.2, 0.25) is 0 Å². The van der Waals surface area contributed by atoms with Crippen molar-refractivity contribution in [2.75, 3.05) is 5.32 Å². The Morgan fingerprint density at radius 3 is 2.58 bits per heavy atom. The first kappa shape index (κ1) is 11.7. The number of amides is 1. The van der Waals surface area contributed by atoms with Crippen molar-refractivity contribution in [3.8, 4) is 6.07 Å². The quantitative estimate of drug-likeness (QED) is 0.888. The highest BCUT2D eigenvalue weighted by Gasteiger charge is 2.50. The molecule has 0 aromatic heterocycles. The van der Waals surface area contributed by atoms with Crippen LogP contribution >= 0.6 is 0 Å². The molecule has 1 fully saturated rings. The van der Waals surface area contributed by atoms with Crippen molar-refractivity contribution in [2.45, 2.75) is 19.8 Å². The number of nitrogens with zero attached hydrogens (tertiary/aromatic N) is 1. The van der Waals surface area contributed by atoms with E-state index in [-0.39, 0.29) is 5.91 Å². The smallest absolute Gasteiger partial charge is 0.244 e. The summed E-state index contributed by atoms with van der Waals surface area (Å²) in [5.74, 6) is -0.179. The predicted octanol–water partition coefficient (Wildman–Crippen LogP) is 3.39. The number of nitriles is 1. The van der Waals surface area contributed by atoms with Gasteiger partial charge < -0.3 is 5.32 Å². The van der Waals surface area contributed by atoms with Crippen molar-refractivity contribution in [2.24, 2.45) is 5.41 Å². The molecule has 19 heavy (non-hydrogen) atoms. The monoisotopic (exact) mass is 250 g/mol. The van der Waals surface area contributed by atoms with Crippen molar-refractivity contribution in [3.05, 3.63) is 42.0 Å². The summed E-state index contributed by atoms with van der Waals surface area (Å²) in [7, 11) is 0. The maximum atomic E-state index is 12.0. The molecule has 2 aromatic carbocycles. The van der Waals surface area contributed by atoms with E-state index in [9.17, 15) is 4.79 Å². The molecule has 94 valence electrons. The second-order valence-corrected chi connectivity index (χ2v) is 5.21. The van der Waals surface area contributed by atoms with Crippen LogP contribution in [-0.2, 0) is 4.79 Å². The number of aryl methyl sites for hydroxylation is 1. The normalized spacial score (nSPS) is 15.8. The molecule has 0 heterocycles. The van der Waals surface area contributed by atoms with E-state index in [1.165, 1.54) is 5.56 Å². The standard InChI is InChI=1S/C16H14N2O/c1-11-2-3-13-9-14(5-4-12(13)8-11)18-15(19)16(10-17)6-7-16/h2-5,8-9H,6-7H2,1H3,(H,18,19). The summed E-state index contributed by atoms with van der Waals surface area (Å²) < 4.78 is 0. The highest BCUT2D eigenvalue weighted by Crippen LogP contribution is 2.45. The van der Waals surface area contributed by atoms with Crippen LogP contribution in [0.15, 0.2) is 36.4 Å². The van der Waals surface area contributed by atoms with Gasteiger partial charge in [0.2, 0.25) is 5.91 Å². The van der Waals surface area contributed by atoms with Crippen LogP contribution in [0.25, 0.3) is 10.8 Å². The minimum Gasteiger partial charge on any atom is -0.325 e. The van der Waals surface area contributed by atoms with Gasteiger partial charge in [-0.1, -0.05) is 29.8 Å². The van der Waals surface area contributed by atoms with Crippen molar-refractivity contribution in [1.29, 1.82) is 5.26 Å². The van der Waals surface area contributed by atoms with Crippen LogP contribution in [0.1, 0.15) is 18.4 Å². The highest BCUT2D eigenvalue weighted by atomic mass is 16.2. The van der Waals surface area contributed by atoms with Gasteiger partial charge in [0.05, 0.1) is 6.07 Å². The Morgan fingerprint density at radius 1 is 1.21 bits per heavy atom. The first-order valence-electron chi connectivity index (χ1n) is 6.36. The molecule has 2 aromatic rings. The van der Waals surface area contributed by atoms with Gasteiger partial charge in [0.15, 0.2) is 0 Å². The summed E-state index contributed by atoms with van der Waals surface area (Å²) in [4.78, 5) is 12.0. The van der Waals surface area contributed by atoms with Gasteiger partial charge in [-0.25, -0.2) is 0 Å².